The van der Waals surface area contributed by atoms with Crippen LogP contribution >= 0.6 is 0 Å². The van der Waals surface area contributed by atoms with Crippen molar-refractivity contribution in [3.05, 3.63) is 34.1 Å². The Balaban J connectivity index is 1.53. The first-order chi connectivity index (χ1) is 20.3. The third-order valence-corrected chi connectivity index (χ3v) is 9.37. The van der Waals surface area contributed by atoms with E-state index < -0.39 is 69.7 Å². The van der Waals surface area contributed by atoms with Crippen molar-refractivity contribution in [1.82, 2.24) is 10.2 Å². The normalized spacial score (nSPS) is 27.2. The smallest absolute Gasteiger partial charge is 0.255 e. The van der Waals surface area contributed by atoms with Gasteiger partial charge in [0.1, 0.15) is 22.8 Å². The number of carbonyl (C=O) groups is 4. The molecule has 13 nitrogen and oxygen atoms in total. The van der Waals surface area contributed by atoms with Crippen LogP contribution in [0.3, 0.4) is 0 Å². The van der Waals surface area contributed by atoms with Crippen molar-refractivity contribution in [2.24, 2.45) is 23.5 Å². The lowest BCUT2D eigenvalue weighted by molar-refractivity contribution is -0.153. The average molecular weight is 599 g/mol. The quantitative estimate of drug-likeness (QED) is 0.163. The predicted octanol–water partition coefficient (Wildman–Crippen LogP) is 0.691. The number of likely N-dealkylation sites (N-methyl/N-ethyl adjacent to an activating group) is 1. The van der Waals surface area contributed by atoms with E-state index in [2.05, 4.69) is 10.6 Å². The van der Waals surface area contributed by atoms with Crippen LogP contribution in [0.25, 0.3) is 5.76 Å². The number of phenols is 1. The number of anilines is 1. The molecule has 4 atom stereocenters. The van der Waals surface area contributed by atoms with Crippen LogP contribution in [-0.4, -0.2) is 94.6 Å². The summed E-state index contributed by atoms with van der Waals surface area (Å²) in [6.07, 6.45) is 4.62. The number of nitrogens with zero attached hydrogens (tertiary/aromatic N) is 1. The predicted molar refractivity (Wildman–Crippen MR) is 154 cm³/mol. The fourth-order valence-corrected chi connectivity index (χ4v) is 7.35. The zero-order valence-corrected chi connectivity index (χ0v) is 24.4. The molecule has 0 radical (unpaired) electrons. The molecular weight excluding hydrogens is 560 g/mol. The number of Topliss-reactive ketones (excluding diaryl/α,β-unsaturated/α-hetero) is 2. The molecule has 1 aromatic rings. The van der Waals surface area contributed by atoms with Gasteiger partial charge in [0.05, 0.1) is 30.9 Å². The molecule has 0 aliphatic heterocycles. The molecule has 5 rings (SSSR count). The van der Waals surface area contributed by atoms with E-state index >= 15 is 0 Å². The lowest BCUT2D eigenvalue weighted by Gasteiger charge is -2.50. The van der Waals surface area contributed by atoms with Gasteiger partial charge in [0.15, 0.2) is 17.1 Å². The Morgan fingerprint density at radius 3 is 2.44 bits per heavy atom. The van der Waals surface area contributed by atoms with Crippen molar-refractivity contribution in [1.29, 1.82) is 0 Å². The number of nitrogens with two attached hydrogens (primary N) is 1. The van der Waals surface area contributed by atoms with Gasteiger partial charge >= 0.3 is 0 Å². The SMILES string of the molecule is COc1cc(NC(=O)CNCC2CCCC2)c(O)c2c1C[C@H]1C[C@H]3[C@H](N(C)C)C(=O)C(C(N)=O)=C(O)[C@@]3(O)C(=O)C1=C2O. The van der Waals surface area contributed by atoms with Crippen LogP contribution in [0.15, 0.2) is 23.0 Å². The van der Waals surface area contributed by atoms with Crippen LogP contribution in [0.5, 0.6) is 11.5 Å². The molecule has 0 heterocycles. The number of aliphatic hydroxyl groups is 3. The van der Waals surface area contributed by atoms with E-state index in [-0.39, 0.29) is 42.0 Å². The second-order valence-corrected chi connectivity index (χ2v) is 12.1. The minimum Gasteiger partial charge on any atom is -0.508 e. The summed E-state index contributed by atoms with van der Waals surface area (Å²) in [5.74, 6) is -7.15. The summed E-state index contributed by atoms with van der Waals surface area (Å²) in [5.41, 5.74) is 1.61. The topological polar surface area (TPSA) is 212 Å². The lowest BCUT2D eigenvalue weighted by atomic mass is 9.57. The summed E-state index contributed by atoms with van der Waals surface area (Å²) in [6.45, 7) is 0.698. The molecular formula is C30H38N4O9. The van der Waals surface area contributed by atoms with Crippen molar-refractivity contribution in [2.75, 3.05) is 39.6 Å². The molecule has 4 aliphatic rings. The summed E-state index contributed by atoms with van der Waals surface area (Å²) in [6, 6.07) is 0.260. The molecule has 43 heavy (non-hydrogen) atoms. The average Bonchev–Trinajstić information content (AvgIpc) is 3.45. The van der Waals surface area contributed by atoms with E-state index in [0.29, 0.717) is 18.0 Å². The first kappa shape index (κ1) is 30.5. The standard InChI is InChI=1S/C30H38N4O9/c1-34(2)23-16-9-14-8-15-18(43-3)10-17(33-19(35)12-32-11-13-6-4-5-7-13)24(36)21(15)25(37)20(14)27(39)30(16,42)28(40)22(26(23)38)29(31)41/h10,13-14,16,23,32,36-37,40,42H,4-9,11-12H2,1-3H3,(H2,31,41)(H,33,35)/t14-,16-,23-,30-/m0/s1. The number of phenolic OH excluding ortho intramolecular Hbond substituents is 1. The van der Waals surface area contributed by atoms with Crippen molar-refractivity contribution in [3.63, 3.8) is 0 Å². The Bertz CT molecular complexity index is 1460. The van der Waals surface area contributed by atoms with E-state index in [1.807, 2.05) is 0 Å². The van der Waals surface area contributed by atoms with Crippen LogP contribution in [0, 0.1) is 17.8 Å². The fourth-order valence-electron chi connectivity index (χ4n) is 7.35. The molecule has 2 fully saturated rings. The van der Waals surface area contributed by atoms with Crippen LogP contribution in [-0.2, 0) is 25.6 Å². The molecule has 1 aromatic carbocycles. The van der Waals surface area contributed by atoms with Crippen molar-refractivity contribution in [3.8, 4) is 11.5 Å². The van der Waals surface area contributed by atoms with E-state index in [1.165, 1.54) is 45.0 Å². The number of nitrogens with one attached hydrogen (secondary N) is 2. The Kier molecular flexibility index (Phi) is 8.01. The number of fused-ring (bicyclic) bond motifs is 3. The van der Waals surface area contributed by atoms with Gasteiger partial charge in [-0.25, -0.2) is 0 Å². The van der Waals surface area contributed by atoms with Gasteiger partial charge in [0.25, 0.3) is 5.91 Å². The minimum atomic E-state index is -2.74. The number of amides is 2. The highest BCUT2D eigenvalue weighted by Gasteiger charge is 2.64. The number of hydrogen-bond donors (Lipinski definition) is 7. The largest absolute Gasteiger partial charge is 0.508 e. The summed E-state index contributed by atoms with van der Waals surface area (Å²) < 4.78 is 5.55. The Labute approximate surface area is 248 Å². The number of ketones is 2. The number of aromatic hydroxyl groups is 1. The van der Waals surface area contributed by atoms with Crippen LogP contribution in [0.1, 0.15) is 43.2 Å². The van der Waals surface area contributed by atoms with Crippen LogP contribution in [0.4, 0.5) is 5.69 Å². The van der Waals surface area contributed by atoms with E-state index in [1.54, 1.807) is 0 Å². The van der Waals surface area contributed by atoms with Gasteiger partial charge in [-0.2, -0.15) is 0 Å². The molecule has 0 spiro atoms. The summed E-state index contributed by atoms with van der Waals surface area (Å²) >= 11 is 0. The monoisotopic (exact) mass is 598 g/mol. The minimum absolute atomic E-state index is 0.00301. The molecule has 0 saturated heterocycles. The van der Waals surface area contributed by atoms with E-state index in [9.17, 15) is 39.6 Å². The van der Waals surface area contributed by atoms with Gasteiger partial charge in [-0.3, -0.25) is 24.1 Å². The highest BCUT2D eigenvalue weighted by Crippen LogP contribution is 2.54. The number of methoxy groups -OCH3 is 1. The molecule has 0 bridgehead atoms. The zero-order chi connectivity index (χ0) is 31.4. The number of rotatable bonds is 8. The van der Waals surface area contributed by atoms with Crippen LogP contribution in [0.2, 0.25) is 0 Å². The second kappa shape index (κ2) is 11.3. The van der Waals surface area contributed by atoms with Gasteiger partial charge in [-0.1, -0.05) is 12.8 Å². The Morgan fingerprint density at radius 2 is 1.84 bits per heavy atom. The highest BCUT2D eigenvalue weighted by atomic mass is 16.5. The van der Waals surface area contributed by atoms with E-state index in [0.717, 1.165) is 12.8 Å². The molecule has 0 aromatic heterocycles. The number of benzene rings is 1. The maximum atomic E-state index is 14.0. The first-order valence-corrected chi connectivity index (χ1v) is 14.4. The van der Waals surface area contributed by atoms with Crippen LogP contribution < -0.4 is 21.1 Å². The molecule has 4 aliphatic carbocycles. The van der Waals surface area contributed by atoms with E-state index in [4.69, 9.17) is 10.5 Å². The number of carbonyl (C=O) groups excluding carboxylic acids is 4. The zero-order valence-electron chi connectivity index (χ0n) is 24.4. The molecule has 0 unspecified atom stereocenters. The Hall–Kier alpha value is -3.94. The summed E-state index contributed by atoms with van der Waals surface area (Å²) in [4.78, 5) is 53.5. The highest BCUT2D eigenvalue weighted by molar-refractivity contribution is 6.24. The van der Waals surface area contributed by atoms with Crippen molar-refractivity contribution < 1.29 is 44.3 Å². The maximum Gasteiger partial charge on any atom is 0.255 e. The third kappa shape index (κ3) is 4.85. The van der Waals surface area contributed by atoms with Crippen molar-refractivity contribution in [2.45, 2.75) is 50.2 Å². The number of primary amides is 1. The number of aliphatic hydroxyl groups excluding tert-OH is 2. The fraction of sp³-hybridized carbons (Fsp3) is 0.533. The number of hydrogen-bond acceptors (Lipinski definition) is 11. The number of ether oxygens (including phenoxy) is 1. The molecule has 232 valence electrons. The first-order valence-electron chi connectivity index (χ1n) is 14.4. The molecule has 13 heteroatoms. The Morgan fingerprint density at radius 1 is 1.16 bits per heavy atom. The summed E-state index contributed by atoms with van der Waals surface area (Å²) in [7, 11) is 4.46. The van der Waals surface area contributed by atoms with Gasteiger partial charge in [0, 0.05) is 23.1 Å². The third-order valence-electron chi connectivity index (χ3n) is 9.37. The maximum absolute atomic E-state index is 14.0. The molecule has 8 N–H and O–H groups in total. The van der Waals surface area contributed by atoms with Gasteiger partial charge < -0.3 is 41.5 Å². The van der Waals surface area contributed by atoms with Crippen molar-refractivity contribution >= 4 is 34.8 Å². The van der Waals surface area contributed by atoms with Gasteiger partial charge in [0.2, 0.25) is 11.7 Å². The van der Waals surface area contributed by atoms with Gasteiger partial charge in [-0.05, 0) is 58.2 Å². The molecule has 2 saturated carbocycles. The second-order valence-electron chi connectivity index (χ2n) is 12.1. The summed E-state index contributed by atoms with van der Waals surface area (Å²) in [5, 5.41) is 51.2. The van der Waals surface area contributed by atoms with Gasteiger partial charge in [-0.15, -0.1) is 0 Å². The lowest BCUT2D eigenvalue weighted by Crippen LogP contribution is -2.65. The molecule has 2 amide bonds.